The largest absolute Gasteiger partial charge is 0.322 e. The molecule has 1 radical (unpaired) electrons. The topological polar surface area (TPSA) is 0 Å². The average molecular weight is 339 g/mol. The Morgan fingerprint density at radius 3 is 0.632 bits per heavy atom. The molecule has 2 aliphatic carbocycles. The van der Waals surface area contributed by atoms with Crippen molar-refractivity contribution in [3.05, 3.63) is 12.8 Å². The summed E-state index contributed by atoms with van der Waals surface area (Å²) in [5.74, 6) is 6.98. The fourth-order valence-electron chi connectivity index (χ4n) is 3.57. The van der Waals surface area contributed by atoms with E-state index in [0.29, 0.717) is 0 Å². The van der Waals surface area contributed by atoms with Gasteiger partial charge in [0.1, 0.15) is 0 Å². The Kier molecular flexibility index (Phi) is 9.02. The molecule has 19 heavy (non-hydrogen) atoms. The van der Waals surface area contributed by atoms with E-state index >= 15 is 0 Å². The molecule has 8 unspecified atom stereocenters. The van der Waals surface area contributed by atoms with Gasteiger partial charge in [0.2, 0.25) is 0 Å². The van der Waals surface area contributed by atoms with Gasteiger partial charge >= 0.3 is 0 Å². The second-order valence-electron chi connectivity index (χ2n) is 7.26. The van der Waals surface area contributed by atoms with Crippen LogP contribution in [0.3, 0.4) is 0 Å². The van der Waals surface area contributed by atoms with E-state index < -0.39 is 0 Å². The minimum absolute atomic E-state index is 0. The SMILES string of the molecule is CC1[CH-]C(C)C(C)C1C.CC1[CH-]C(C)C(C)C1C.[Y]. The van der Waals surface area contributed by atoms with Gasteiger partial charge in [-0.2, -0.15) is 23.7 Å². The van der Waals surface area contributed by atoms with Crippen LogP contribution in [0.1, 0.15) is 55.4 Å². The van der Waals surface area contributed by atoms with E-state index in [4.69, 9.17) is 0 Å². The summed E-state index contributed by atoms with van der Waals surface area (Å²) in [4.78, 5) is 0. The van der Waals surface area contributed by atoms with Gasteiger partial charge in [-0.1, -0.05) is 79.1 Å². The summed E-state index contributed by atoms with van der Waals surface area (Å²) < 4.78 is 0. The zero-order valence-electron chi connectivity index (χ0n) is 14.4. The third-order valence-electron chi connectivity index (χ3n) is 6.19. The van der Waals surface area contributed by atoms with Crippen LogP contribution in [-0.2, 0) is 32.7 Å². The zero-order chi connectivity index (χ0) is 14.0. The average Bonchev–Trinajstić information content (AvgIpc) is 2.66. The van der Waals surface area contributed by atoms with Gasteiger partial charge in [0.25, 0.3) is 0 Å². The first-order valence-electron chi connectivity index (χ1n) is 7.95. The third-order valence-corrected chi connectivity index (χ3v) is 6.19. The van der Waals surface area contributed by atoms with Crippen LogP contribution in [0, 0.1) is 60.2 Å². The molecule has 2 aliphatic rings. The maximum atomic E-state index is 2.48. The minimum Gasteiger partial charge on any atom is -0.322 e. The molecule has 0 saturated heterocycles. The smallest absolute Gasteiger partial charge is 0 e. The Morgan fingerprint density at radius 1 is 0.421 bits per heavy atom. The summed E-state index contributed by atoms with van der Waals surface area (Å²) in [5.41, 5.74) is 0. The van der Waals surface area contributed by atoms with Crippen molar-refractivity contribution in [2.75, 3.05) is 0 Å². The molecule has 0 bridgehead atoms. The van der Waals surface area contributed by atoms with E-state index in [-0.39, 0.29) is 32.7 Å². The van der Waals surface area contributed by atoms with Crippen LogP contribution in [0.2, 0.25) is 0 Å². The van der Waals surface area contributed by atoms with Crippen LogP contribution in [0.4, 0.5) is 0 Å². The van der Waals surface area contributed by atoms with Crippen LogP contribution < -0.4 is 0 Å². The zero-order valence-corrected chi connectivity index (χ0v) is 17.2. The second-order valence-corrected chi connectivity index (χ2v) is 7.26. The number of rotatable bonds is 0. The Morgan fingerprint density at radius 2 is 0.579 bits per heavy atom. The standard InChI is InChI=1S/2C9H17.Y/c2*1-6-5-7(2)9(4)8(6)3;/h2*5-9H,1-4H3;/q2*-1;. The van der Waals surface area contributed by atoms with Gasteiger partial charge < -0.3 is 12.8 Å². The first-order chi connectivity index (χ1) is 8.25. The van der Waals surface area contributed by atoms with Crippen molar-refractivity contribution in [2.45, 2.75) is 55.4 Å². The minimum atomic E-state index is 0. The molecule has 0 N–H and O–H groups in total. The molecule has 8 atom stereocenters. The van der Waals surface area contributed by atoms with Gasteiger partial charge in [-0.15, -0.1) is 0 Å². The molecular formula is C18H34Y-2. The summed E-state index contributed by atoms with van der Waals surface area (Å²) in [5, 5.41) is 0. The number of hydrogen-bond donors (Lipinski definition) is 0. The first kappa shape index (κ1) is 20.1. The predicted molar refractivity (Wildman–Crippen MR) is 81.9 cm³/mol. The van der Waals surface area contributed by atoms with Gasteiger partial charge in [-0.05, 0) is 0 Å². The fraction of sp³-hybridized carbons (Fsp3) is 0.889. The third kappa shape index (κ3) is 5.10. The van der Waals surface area contributed by atoms with Crippen LogP contribution in [0.25, 0.3) is 0 Å². The van der Waals surface area contributed by atoms with E-state index in [9.17, 15) is 0 Å². The van der Waals surface area contributed by atoms with Crippen molar-refractivity contribution < 1.29 is 32.7 Å². The molecule has 2 rings (SSSR count). The van der Waals surface area contributed by atoms with Crippen molar-refractivity contribution >= 4 is 0 Å². The van der Waals surface area contributed by atoms with E-state index in [2.05, 4.69) is 68.2 Å². The van der Waals surface area contributed by atoms with Gasteiger partial charge in [0.05, 0.1) is 0 Å². The van der Waals surface area contributed by atoms with Crippen LogP contribution >= 0.6 is 0 Å². The van der Waals surface area contributed by atoms with E-state index in [1.165, 1.54) is 0 Å². The van der Waals surface area contributed by atoms with Crippen LogP contribution in [-0.4, -0.2) is 0 Å². The normalized spacial score (nSPS) is 49.3. The molecule has 1 heteroatoms. The number of hydrogen-bond acceptors (Lipinski definition) is 0. The Labute approximate surface area is 147 Å². The summed E-state index contributed by atoms with van der Waals surface area (Å²) in [6.07, 6.45) is 4.96. The van der Waals surface area contributed by atoms with Crippen LogP contribution in [0.15, 0.2) is 0 Å². The predicted octanol–water partition coefficient (Wildman–Crippen LogP) is 5.49. The maximum Gasteiger partial charge on any atom is 0 e. The quantitative estimate of drug-likeness (QED) is 0.512. The maximum absolute atomic E-state index is 2.48. The molecule has 0 aromatic carbocycles. The van der Waals surface area contributed by atoms with Gasteiger partial charge in [-0.25, -0.2) is 0 Å². The molecule has 0 aromatic rings. The summed E-state index contributed by atoms with van der Waals surface area (Å²) in [6, 6.07) is 0. The Bertz CT molecular complexity index is 200. The van der Waals surface area contributed by atoms with Gasteiger partial charge in [0.15, 0.2) is 0 Å². The molecule has 0 heterocycles. The van der Waals surface area contributed by atoms with Gasteiger partial charge in [0, 0.05) is 32.7 Å². The van der Waals surface area contributed by atoms with E-state index in [1.807, 2.05) is 0 Å². The molecular weight excluding hydrogens is 305 g/mol. The molecule has 2 fully saturated rings. The van der Waals surface area contributed by atoms with Crippen LogP contribution in [0.5, 0.6) is 0 Å². The molecule has 0 nitrogen and oxygen atoms in total. The van der Waals surface area contributed by atoms with Crippen molar-refractivity contribution in [3.63, 3.8) is 0 Å². The van der Waals surface area contributed by atoms with Crippen molar-refractivity contribution in [1.29, 1.82) is 0 Å². The van der Waals surface area contributed by atoms with E-state index in [1.54, 1.807) is 0 Å². The monoisotopic (exact) mass is 339 g/mol. The summed E-state index contributed by atoms with van der Waals surface area (Å²) >= 11 is 0. The summed E-state index contributed by atoms with van der Waals surface area (Å²) in [6.45, 7) is 18.7. The second kappa shape index (κ2) is 8.52. The van der Waals surface area contributed by atoms with Crippen molar-refractivity contribution in [3.8, 4) is 0 Å². The van der Waals surface area contributed by atoms with Gasteiger partial charge in [-0.3, -0.25) is 0 Å². The van der Waals surface area contributed by atoms with Crippen molar-refractivity contribution in [1.82, 2.24) is 0 Å². The molecule has 2 saturated carbocycles. The Balaban J connectivity index is 0.000000324. The molecule has 0 amide bonds. The fourth-order valence-corrected chi connectivity index (χ4v) is 3.57. The summed E-state index contributed by atoms with van der Waals surface area (Å²) in [7, 11) is 0. The molecule has 0 aromatic heterocycles. The molecule has 111 valence electrons. The first-order valence-corrected chi connectivity index (χ1v) is 7.95. The van der Waals surface area contributed by atoms with Crippen molar-refractivity contribution in [2.24, 2.45) is 47.3 Å². The van der Waals surface area contributed by atoms with E-state index in [0.717, 1.165) is 47.3 Å². The molecule has 0 spiro atoms. The molecule has 0 aliphatic heterocycles. The Hall–Kier alpha value is 1.10.